The summed E-state index contributed by atoms with van der Waals surface area (Å²) in [4.78, 5) is 56.9. The van der Waals surface area contributed by atoms with E-state index in [4.69, 9.17) is 35.8 Å². The van der Waals surface area contributed by atoms with Crippen LogP contribution in [0.15, 0.2) is 48.9 Å². The number of aromatic nitrogens is 9. The number of carbonyl (C=O) groups excluding carboxylic acids is 3. The summed E-state index contributed by atoms with van der Waals surface area (Å²) in [6, 6.07) is 5.74. The molecule has 0 atom stereocenters. The Bertz CT molecular complexity index is 3170. The van der Waals surface area contributed by atoms with Crippen molar-refractivity contribution in [3.63, 3.8) is 0 Å². The molecule has 406 valence electrons. The van der Waals surface area contributed by atoms with Gasteiger partial charge in [0.2, 0.25) is 0 Å². The van der Waals surface area contributed by atoms with Crippen molar-refractivity contribution in [3.8, 4) is 0 Å². The predicted octanol–water partition coefficient (Wildman–Crippen LogP) is 9.18. The minimum atomic E-state index is -0.534. The highest BCUT2D eigenvalue weighted by Gasteiger charge is 2.31. The van der Waals surface area contributed by atoms with Crippen LogP contribution >= 0.6 is 11.6 Å². The quantitative estimate of drug-likeness (QED) is 0.128. The minimum absolute atomic E-state index is 0.291. The van der Waals surface area contributed by atoms with Crippen molar-refractivity contribution in [3.05, 3.63) is 99.3 Å². The molecule has 0 unspecified atom stereocenters. The molecule has 0 radical (unpaired) electrons. The Morgan fingerprint density at radius 2 is 0.934 bits per heavy atom. The number of halogens is 1. The molecule has 19 nitrogen and oxygen atoms in total. The number of hydrogen-bond acceptors (Lipinski definition) is 13. The van der Waals surface area contributed by atoms with Crippen molar-refractivity contribution in [2.24, 2.45) is 0 Å². The second kappa shape index (κ2) is 22.5. The van der Waals surface area contributed by atoms with Gasteiger partial charge in [0.1, 0.15) is 22.0 Å². The summed E-state index contributed by atoms with van der Waals surface area (Å²) in [5.74, 6) is 0. The van der Waals surface area contributed by atoms with Gasteiger partial charge < -0.3 is 34.2 Å². The first-order valence-electron chi connectivity index (χ1n) is 26.9. The van der Waals surface area contributed by atoms with E-state index in [1.54, 1.807) is 31.6 Å². The first kappa shape index (κ1) is 54.2. The molecule has 6 aromatic rings. The van der Waals surface area contributed by atoms with Crippen molar-refractivity contribution in [1.29, 1.82) is 0 Å². The van der Waals surface area contributed by atoms with E-state index in [9.17, 15) is 14.4 Å². The van der Waals surface area contributed by atoms with Crippen molar-refractivity contribution < 1.29 is 28.6 Å². The van der Waals surface area contributed by atoms with Crippen LogP contribution in [0.1, 0.15) is 140 Å². The second-order valence-corrected chi connectivity index (χ2v) is 23.3. The van der Waals surface area contributed by atoms with Gasteiger partial charge in [0, 0.05) is 106 Å². The molecule has 3 amide bonds. The zero-order valence-corrected chi connectivity index (χ0v) is 46.5. The molecule has 4 aliphatic heterocycles. The summed E-state index contributed by atoms with van der Waals surface area (Å²) in [7, 11) is 0. The van der Waals surface area contributed by atoms with Gasteiger partial charge in [-0.2, -0.15) is 15.3 Å². The zero-order valence-electron chi connectivity index (χ0n) is 45.7. The van der Waals surface area contributed by atoms with E-state index >= 15 is 0 Å². The van der Waals surface area contributed by atoms with Crippen LogP contribution in [0.4, 0.5) is 14.4 Å². The van der Waals surface area contributed by atoms with Crippen LogP contribution in [0, 0.1) is 0 Å². The maximum Gasteiger partial charge on any atom is 0.410 e. The lowest BCUT2D eigenvalue weighted by Crippen LogP contribution is -2.39. The van der Waals surface area contributed by atoms with Gasteiger partial charge in [-0.15, -0.1) is 0 Å². The van der Waals surface area contributed by atoms with Crippen LogP contribution in [-0.4, -0.2) is 146 Å². The van der Waals surface area contributed by atoms with Crippen LogP contribution in [0.2, 0.25) is 5.15 Å². The summed E-state index contributed by atoms with van der Waals surface area (Å²) >= 11 is 6.43. The molecule has 1 aliphatic carbocycles. The van der Waals surface area contributed by atoms with E-state index in [0.717, 1.165) is 76.7 Å². The molecule has 20 heteroatoms. The lowest BCUT2D eigenvalue weighted by atomic mass is 9.92. The number of carbonyl (C=O) groups is 3. The normalized spacial score (nSPS) is 17.3. The highest BCUT2D eigenvalue weighted by atomic mass is 35.5. The van der Waals surface area contributed by atoms with Crippen LogP contribution < -0.4 is 5.32 Å². The Balaban J connectivity index is 0.000000146. The Labute approximate surface area is 450 Å². The van der Waals surface area contributed by atoms with E-state index in [0.29, 0.717) is 76.5 Å². The molecule has 0 bridgehead atoms. The molecule has 0 saturated heterocycles. The minimum Gasteiger partial charge on any atom is -0.444 e. The van der Waals surface area contributed by atoms with E-state index in [1.807, 2.05) is 91.2 Å². The monoisotopic (exact) mass is 1060 g/mol. The fourth-order valence-electron chi connectivity index (χ4n) is 10.3. The molecule has 0 fully saturated rings. The predicted molar refractivity (Wildman–Crippen MR) is 292 cm³/mol. The van der Waals surface area contributed by atoms with Crippen molar-refractivity contribution in [2.45, 2.75) is 150 Å². The van der Waals surface area contributed by atoms with Crippen LogP contribution in [0.3, 0.4) is 0 Å². The zero-order chi connectivity index (χ0) is 53.9. The third-order valence-electron chi connectivity index (χ3n) is 13.7. The highest BCUT2D eigenvalue weighted by molar-refractivity contribution is 6.30. The molecule has 1 N–H and O–H groups in total. The average Bonchev–Trinajstić information content (AvgIpc) is 4.05. The van der Waals surface area contributed by atoms with Gasteiger partial charge in [0.15, 0.2) is 16.9 Å². The van der Waals surface area contributed by atoms with Gasteiger partial charge in [-0.3, -0.25) is 0 Å². The lowest BCUT2D eigenvalue weighted by Gasteiger charge is -2.30. The molecular formula is C56H74ClN13O6. The van der Waals surface area contributed by atoms with Crippen LogP contribution in [0.25, 0.3) is 28.1 Å². The van der Waals surface area contributed by atoms with Gasteiger partial charge in [-0.25, -0.2) is 42.9 Å². The summed E-state index contributed by atoms with van der Waals surface area (Å²) in [6.07, 6.45) is 19.3. The molecule has 76 heavy (non-hydrogen) atoms. The van der Waals surface area contributed by atoms with Gasteiger partial charge >= 0.3 is 18.3 Å². The summed E-state index contributed by atoms with van der Waals surface area (Å²) < 4.78 is 22.1. The van der Waals surface area contributed by atoms with Gasteiger partial charge in [0.05, 0.1) is 41.4 Å². The Morgan fingerprint density at radius 3 is 1.45 bits per heavy atom. The number of fused-ring (bicyclic) bond motifs is 6. The average molecular weight is 1060 g/mol. The van der Waals surface area contributed by atoms with E-state index in [1.165, 1.54) is 48.2 Å². The Morgan fingerprint density at radius 1 is 0.500 bits per heavy atom. The highest BCUT2D eigenvalue weighted by Crippen LogP contribution is 2.33. The molecule has 11 rings (SSSR count). The Hall–Kier alpha value is -6.60. The third-order valence-corrected chi connectivity index (χ3v) is 14.1. The maximum absolute atomic E-state index is 12.7. The maximum atomic E-state index is 12.7. The standard InChI is InChI=1S/C25H35N5O4.C16H20N4.C15H19ClN4O2/c1-24(2,3)33-22(31)28-13-8-17(9-14-28)21-18-10-15-29(23(32)34-25(4,5)6)16-11-19(18)27-20-7-12-26-30(20)21;1-2-4-12(5-3-1)16-13-6-9-17-10-7-14(13)19-15-8-11-18-20(15)16;1-15(2,3)22-14(21)19-8-5-10-11(6-9-19)18-12-4-7-17-20(12)13(10)16/h7-8,12H,9-11,13-16H2,1-6H3;4,8,11,17H,1-3,5-7,9-10H2;4,7H,5-6,8-9H2,1-3H3. The number of nitrogens with one attached hydrogen (secondary N) is 1. The van der Waals surface area contributed by atoms with Crippen LogP contribution in [-0.2, 0) is 52.7 Å². The largest absolute Gasteiger partial charge is 0.444 e. The molecule has 0 saturated carbocycles. The van der Waals surface area contributed by atoms with E-state index < -0.39 is 16.8 Å². The van der Waals surface area contributed by atoms with Gasteiger partial charge in [-0.05, 0) is 131 Å². The fraction of sp³-hybridized carbons (Fsp3) is 0.554. The smallest absolute Gasteiger partial charge is 0.410 e. The first-order valence-corrected chi connectivity index (χ1v) is 27.3. The Kier molecular flexibility index (Phi) is 16.1. The summed E-state index contributed by atoms with van der Waals surface area (Å²) in [5.41, 5.74) is 12.6. The molecule has 5 aliphatic rings. The van der Waals surface area contributed by atoms with E-state index in [-0.39, 0.29) is 18.3 Å². The molecule has 10 heterocycles. The number of nitrogens with zero attached hydrogens (tertiary/aromatic N) is 12. The molecule has 0 aromatic carbocycles. The SMILES string of the molecule is C1=C(c2c3c(nc4ccnn24)CCNCC3)CCCC1.CC(C)(C)OC(=O)N1CC=C(c2c3c(nc4ccnn24)CCN(C(=O)OC(C)(C)C)CC3)CC1.CC(C)(C)OC(=O)N1CCc2nc3ccnn3c(Cl)c2CC1. The van der Waals surface area contributed by atoms with Crippen molar-refractivity contribution >= 4 is 58.0 Å². The number of amides is 3. The number of hydrogen-bond donors (Lipinski definition) is 1. The fourth-order valence-corrected chi connectivity index (χ4v) is 10.6. The van der Waals surface area contributed by atoms with Gasteiger partial charge in [-0.1, -0.05) is 23.8 Å². The lowest BCUT2D eigenvalue weighted by molar-refractivity contribution is 0.0247. The first-order chi connectivity index (χ1) is 36.2. The summed E-state index contributed by atoms with van der Waals surface area (Å²) in [6.45, 7) is 22.2. The molecule has 6 aromatic heterocycles. The molecule has 0 spiro atoms. The second-order valence-electron chi connectivity index (χ2n) is 23.0. The number of allylic oxidation sites excluding steroid dienone is 2. The van der Waals surface area contributed by atoms with Crippen LogP contribution in [0.5, 0.6) is 0 Å². The topological polar surface area (TPSA) is 191 Å². The van der Waals surface area contributed by atoms with E-state index in [2.05, 4.69) is 42.3 Å². The van der Waals surface area contributed by atoms with Crippen molar-refractivity contribution in [2.75, 3.05) is 52.4 Å². The number of rotatable bonds is 2. The number of ether oxygens (including phenoxy) is 3. The molecular weight excluding hydrogens is 986 g/mol. The van der Waals surface area contributed by atoms with Gasteiger partial charge in [0.25, 0.3) is 0 Å². The third kappa shape index (κ3) is 12.8. The van der Waals surface area contributed by atoms with Crippen molar-refractivity contribution in [1.82, 2.24) is 63.8 Å². The summed E-state index contributed by atoms with van der Waals surface area (Å²) in [5, 5.41) is 17.3.